The van der Waals surface area contributed by atoms with E-state index in [1.165, 1.54) is 13.8 Å². The summed E-state index contributed by atoms with van der Waals surface area (Å²) in [6, 6.07) is 0. The molecule has 0 amide bonds. The third kappa shape index (κ3) is 1.73. The van der Waals surface area contributed by atoms with Gasteiger partial charge >= 0.3 is 0 Å². The van der Waals surface area contributed by atoms with Crippen LogP contribution in [0.15, 0.2) is 4.42 Å². The molecule has 0 radical (unpaired) electrons. The normalized spacial score (nSPS) is 10.3. The summed E-state index contributed by atoms with van der Waals surface area (Å²) in [6.07, 6.45) is 0. The van der Waals surface area contributed by atoms with Crippen molar-refractivity contribution < 1.29 is 14.0 Å². The lowest BCUT2D eigenvalue weighted by Gasteiger charge is -1.96. The van der Waals surface area contributed by atoms with Crippen LogP contribution in [0.4, 0.5) is 0 Å². The fourth-order valence-corrected chi connectivity index (χ4v) is 1.68. The molecule has 1 aromatic rings. The lowest BCUT2D eigenvalue weighted by Crippen LogP contribution is -2.03. The molecule has 0 unspecified atom stereocenters. The smallest absolute Gasteiger partial charge is 0.164 e. The summed E-state index contributed by atoms with van der Waals surface area (Å²) in [5.41, 5.74) is 0.679. The van der Waals surface area contributed by atoms with Crippen LogP contribution in [0.1, 0.15) is 46.1 Å². The summed E-state index contributed by atoms with van der Waals surface area (Å²) in [6.45, 7) is 4.45. The Balaban J connectivity index is 3.46. The van der Waals surface area contributed by atoms with Gasteiger partial charge in [-0.15, -0.1) is 11.6 Å². The van der Waals surface area contributed by atoms with Gasteiger partial charge in [0.2, 0.25) is 0 Å². The Morgan fingerprint density at radius 2 is 1.71 bits per heavy atom. The third-order valence-electron chi connectivity index (χ3n) is 1.98. The molecule has 0 bridgehead atoms. The van der Waals surface area contributed by atoms with Crippen LogP contribution in [0, 0.1) is 6.92 Å². The van der Waals surface area contributed by atoms with Gasteiger partial charge < -0.3 is 4.42 Å². The molecule has 0 saturated heterocycles. The Morgan fingerprint density at radius 3 is 2.07 bits per heavy atom. The highest BCUT2D eigenvalue weighted by Gasteiger charge is 2.23. The molecule has 1 rings (SSSR count). The summed E-state index contributed by atoms with van der Waals surface area (Å²) in [4.78, 5) is 22.6. The number of halogens is 1. The van der Waals surface area contributed by atoms with E-state index in [4.69, 9.17) is 16.0 Å². The molecule has 1 aromatic heterocycles. The number of alkyl halides is 1. The molecule has 4 heteroatoms. The van der Waals surface area contributed by atoms with Gasteiger partial charge in [-0.3, -0.25) is 9.59 Å². The monoisotopic (exact) mass is 214 g/mol. The largest absolute Gasteiger partial charge is 0.464 e. The molecule has 0 atom stereocenters. The highest BCUT2D eigenvalue weighted by atomic mass is 35.5. The second kappa shape index (κ2) is 3.96. The van der Waals surface area contributed by atoms with Gasteiger partial charge in [-0.2, -0.15) is 0 Å². The summed E-state index contributed by atoms with van der Waals surface area (Å²) < 4.78 is 5.24. The Morgan fingerprint density at radius 1 is 1.21 bits per heavy atom. The van der Waals surface area contributed by atoms with Crippen LogP contribution in [0.25, 0.3) is 0 Å². The number of hydrogen-bond acceptors (Lipinski definition) is 3. The SMILES string of the molecule is CC(=O)c1c(C)oc(CCl)c1C(C)=O. The van der Waals surface area contributed by atoms with E-state index in [1.54, 1.807) is 6.92 Å². The van der Waals surface area contributed by atoms with Crippen LogP contribution in [0.3, 0.4) is 0 Å². The first-order valence-corrected chi connectivity index (χ1v) is 4.72. The Labute approximate surface area is 87.0 Å². The first kappa shape index (κ1) is 11.0. The molecule has 1 heterocycles. The van der Waals surface area contributed by atoms with Gasteiger partial charge in [0.15, 0.2) is 11.6 Å². The molecule has 0 fully saturated rings. The van der Waals surface area contributed by atoms with Crippen LogP contribution in [0.5, 0.6) is 0 Å². The summed E-state index contributed by atoms with van der Waals surface area (Å²) in [7, 11) is 0. The summed E-state index contributed by atoms with van der Waals surface area (Å²) >= 11 is 5.61. The number of aryl methyl sites for hydroxylation is 1. The standard InChI is InChI=1S/C10H11ClO3/c1-5(12)9-7(3)14-8(4-11)10(9)6(2)13/h4H2,1-3H3. The van der Waals surface area contributed by atoms with E-state index in [2.05, 4.69) is 0 Å². The van der Waals surface area contributed by atoms with Crippen molar-refractivity contribution in [3.05, 3.63) is 22.6 Å². The molecule has 0 aliphatic carbocycles. The van der Waals surface area contributed by atoms with Gasteiger partial charge in [0.25, 0.3) is 0 Å². The second-order valence-corrected chi connectivity index (χ2v) is 3.34. The molecule has 0 saturated carbocycles. The van der Waals surface area contributed by atoms with Crippen molar-refractivity contribution in [1.29, 1.82) is 0 Å². The van der Waals surface area contributed by atoms with E-state index in [0.717, 1.165) is 0 Å². The minimum atomic E-state index is -0.192. The molecule has 14 heavy (non-hydrogen) atoms. The van der Waals surface area contributed by atoms with Crippen molar-refractivity contribution in [2.45, 2.75) is 26.7 Å². The fourth-order valence-electron chi connectivity index (χ4n) is 1.49. The van der Waals surface area contributed by atoms with E-state index in [9.17, 15) is 9.59 Å². The van der Waals surface area contributed by atoms with E-state index in [0.29, 0.717) is 22.6 Å². The second-order valence-electron chi connectivity index (χ2n) is 3.08. The van der Waals surface area contributed by atoms with Gasteiger partial charge in [0.1, 0.15) is 11.5 Å². The van der Waals surface area contributed by atoms with Crippen LogP contribution in [-0.4, -0.2) is 11.6 Å². The van der Waals surface area contributed by atoms with Crippen molar-refractivity contribution in [2.24, 2.45) is 0 Å². The van der Waals surface area contributed by atoms with Crippen molar-refractivity contribution in [2.75, 3.05) is 0 Å². The maximum atomic E-state index is 11.3. The van der Waals surface area contributed by atoms with Crippen molar-refractivity contribution >= 4 is 23.2 Å². The zero-order chi connectivity index (χ0) is 10.9. The lowest BCUT2D eigenvalue weighted by atomic mass is 10.0. The predicted molar refractivity (Wildman–Crippen MR) is 53.0 cm³/mol. The average molecular weight is 215 g/mol. The first-order valence-electron chi connectivity index (χ1n) is 4.19. The third-order valence-corrected chi connectivity index (χ3v) is 2.23. The highest BCUT2D eigenvalue weighted by Crippen LogP contribution is 2.24. The molecule has 0 aliphatic rings. The Hall–Kier alpha value is -1.09. The number of carbonyl (C=O) groups excluding carboxylic acids is 2. The molecule has 0 spiro atoms. The lowest BCUT2D eigenvalue weighted by molar-refractivity contribution is 0.0981. The predicted octanol–water partition coefficient (Wildman–Crippen LogP) is 2.73. The number of carbonyl (C=O) groups is 2. The van der Waals surface area contributed by atoms with Crippen LogP contribution < -0.4 is 0 Å². The number of ketones is 2. The Bertz CT molecular complexity index is 390. The summed E-state index contributed by atoms with van der Waals surface area (Å²) in [5, 5.41) is 0. The zero-order valence-electron chi connectivity index (χ0n) is 8.31. The highest BCUT2D eigenvalue weighted by molar-refractivity contribution is 6.18. The molecular formula is C10H11ClO3. The van der Waals surface area contributed by atoms with E-state index >= 15 is 0 Å². The van der Waals surface area contributed by atoms with E-state index in [-0.39, 0.29) is 17.4 Å². The van der Waals surface area contributed by atoms with Gasteiger partial charge in [-0.25, -0.2) is 0 Å². The van der Waals surface area contributed by atoms with Crippen molar-refractivity contribution in [3.63, 3.8) is 0 Å². The maximum absolute atomic E-state index is 11.3. The minimum absolute atomic E-state index is 0.100. The molecule has 76 valence electrons. The molecule has 3 nitrogen and oxygen atoms in total. The zero-order valence-corrected chi connectivity index (χ0v) is 9.07. The number of rotatable bonds is 3. The van der Waals surface area contributed by atoms with Crippen LogP contribution >= 0.6 is 11.6 Å². The number of Topliss-reactive ketones (excluding diaryl/α,β-unsaturated/α-hetero) is 2. The van der Waals surface area contributed by atoms with Crippen molar-refractivity contribution in [1.82, 2.24) is 0 Å². The molecular weight excluding hydrogens is 204 g/mol. The number of hydrogen-bond donors (Lipinski definition) is 0. The van der Waals surface area contributed by atoms with Crippen LogP contribution in [0.2, 0.25) is 0 Å². The molecule has 0 aliphatic heterocycles. The van der Waals surface area contributed by atoms with Gasteiger partial charge in [0.05, 0.1) is 17.0 Å². The average Bonchev–Trinajstić information content (AvgIpc) is 2.41. The Kier molecular flexibility index (Phi) is 3.11. The van der Waals surface area contributed by atoms with Gasteiger partial charge in [-0.1, -0.05) is 0 Å². The van der Waals surface area contributed by atoms with Gasteiger partial charge in [-0.05, 0) is 20.8 Å². The maximum Gasteiger partial charge on any atom is 0.164 e. The van der Waals surface area contributed by atoms with E-state index in [1.807, 2.05) is 0 Å². The van der Waals surface area contributed by atoms with Crippen LogP contribution in [-0.2, 0) is 5.88 Å². The quantitative estimate of drug-likeness (QED) is 0.574. The summed E-state index contributed by atoms with van der Waals surface area (Å²) in [5.74, 6) is 0.569. The number of furan rings is 1. The minimum Gasteiger partial charge on any atom is -0.464 e. The fraction of sp³-hybridized carbons (Fsp3) is 0.400. The molecule has 0 aromatic carbocycles. The van der Waals surface area contributed by atoms with E-state index < -0.39 is 0 Å². The van der Waals surface area contributed by atoms with Gasteiger partial charge in [0, 0.05) is 0 Å². The van der Waals surface area contributed by atoms with Crippen molar-refractivity contribution in [3.8, 4) is 0 Å². The first-order chi connectivity index (χ1) is 6.49. The molecule has 0 N–H and O–H groups in total. The topological polar surface area (TPSA) is 47.3 Å².